The van der Waals surface area contributed by atoms with E-state index in [0.29, 0.717) is 5.56 Å². The zero-order chi connectivity index (χ0) is 16.3. The van der Waals surface area contributed by atoms with Gasteiger partial charge in [0.25, 0.3) is 10.0 Å². The highest BCUT2D eigenvalue weighted by Crippen LogP contribution is 2.26. The summed E-state index contributed by atoms with van der Waals surface area (Å²) in [5.41, 5.74) is 0.341. The highest BCUT2D eigenvalue weighted by Gasteiger charge is 2.22. The molecule has 0 aliphatic heterocycles. The summed E-state index contributed by atoms with van der Waals surface area (Å²) in [6.45, 7) is 0. The lowest BCUT2D eigenvalue weighted by Gasteiger charge is -2.11. The maximum Gasteiger partial charge on any atom is 0.307 e. The van der Waals surface area contributed by atoms with Crippen LogP contribution in [0.15, 0.2) is 29.3 Å². The third-order valence-electron chi connectivity index (χ3n) is 2.71. The monoisotopic (exact) mass is 326 g/mol. The van der Waals surface area contributed by atoms with Gasteiger partial charge in [0.2, 0.25) is 0 Å². The summed E-state index contributed by atoms with van der Waals surface area (Å²) < 4.78 is 33.5. The van der Waals surface area contributed by atoms with E-state index in [-0.39, 0.29) is 22.9 Å². The van der Waals surface area contributed by atoms with Crippen molar-refractivity contribution in [2.45, 2.75) is 11.3 Å². The Labute approximate surface area is 126 Å². The first kappa shape index (κ1) is 15.8. The summed E-state index contributed by atoms with van der Waals surface area (Å²) in [5, 5.41) is 16.1. The predicted octanol–water partition coefficient (Wildman–Crippen LogP) is 0.252. The van der Waals surface area contributed by atoms with E-state index in [1.807, 2.05) is 0 Å². The summed E-state index contributed by atoms with van der Waals surface area (Å²) in [5.74, 6) is -0.908. The van der Waals surface area contributed by atoms with Crippen molar-refractivity contribution >= 4 is 21.8 Å². The van der Waals surface area contributed by atoms with Crippen LogP contribution in [0, 0.1) is 0 Å². The third-order valence-corrected chi connectivity index (χ3v) is 4.09. The van der Waals surface area contributed by atoms with Crippen LogP contribution >= 0.6 is 0 Å². The molecule has 0 saturated heterocycles. The number of ether oxygens (including phenoxy) is 1. The number of nitrogens with zero attached hydrogens (tertiary/aromatic N) is 3. The summed E-state index contributed by atoms with van der Waals surface area (Å²) in [6.07, 6.45) is 1.10. The van der Waals surface area contributed by atoms with E-state index in [1.165, 1.54) is 36.2 Å². The van der Waals surface area contributed by atoms with Crippen LogP contribution in [0.4, 0.5) is 5.82 Å². The van der Waals surface area contributed by atoms with Crippen LogP contribution in [0.3, 0.4) is 0 Å². The Balaban J connectivity index is 2.41. The van der Waals surface area contributed by atoms with Gasteiger partial charge in [-0.1, -0.05) is 11.3 Å². The third kappa shape index (κ3) is 3.52. The van der Waals surface area contributed by atoms with Crippen LogP contribution in [-0.2, 0) is 28.3 Å². The standard InChI is InChI=1S/C12H14N4O5S/c1-16-7-11(13-15-16)14-22(19,20)10-5-8(6-12(17)18)3-4-9(10)21-2/h3-5,7,14H,6H2,1-2H3,(H,17,18). The number of nitrogens with one attached hydrogen (secondary N) is 1. The van der Waals surface area contributed by atoms with Gasteiger partial charge >= 0.3 is 5.97 Å². The number of hydrogen-bond donors (Lipinski definition) is 2. The molecule has 0 saturated carbocycles. The van der Waals surface area contributed by atoms with Crippen LogP contribution in [0.2, 0.25) is 0 Å². The number of benzene rings is 1. The Morgan fingerprint density at radius 3 is 2.73 bits per heavy atom. The highest BCUT2D eigenvalue weighted by molar-refractivity contribution is 7.92. The minimum atomic E-state index is -3.98. The lowest BCUT2D eigenvalue weighted by molar-refractivity contribution is -0.136. The summed E-state index contributed by atoms with van der Waals surface area (Å²) in [7, 11) is -1.06. The zero-order valence-corrected chi connectivity index (χ0v) is 12.7. The zero-order valence-electron chi connectivity index (χ0n) is 11.8. The highest BCUT2D eigenvalue weighted by atomic mass is 32.2. The lowest BCUT2D eigenvalue weighted by Crippen LogP contribution is -2.15. The van der Waals surface area contributed by atoms with Gasteiger partial charge in [-0.2, -0.15) is 0 Å². The van der Waals surface area contributed by atoms with E-state index >= 15 is 0 Å². The molecule has 0 bridgehead atoms. The fourth-order valence-electron chi connectivity index (χ4n) is 1.80. The normalized spacial score (nSPS) is 11.2. The summed E-state index contributed by atoms with van der Waals surface area (Å²) in [4.78, 5) is 10.6. The van der Waals surface area contributed by atoms with Crippen molar-refractivity contribution in [1.29, 1.82) is 0 Å². The minimum absolute atomic E-state index is 0.0493. The number of aryl methyl sites for hydroxylation is 1. The number of methoxy groups -OCH3 is 1. The molecular weight excluding hydrogens is 312 g/mol. The molecular formula is C12H14N4O5S. The van der Waals surface area contributed by atoms with Gasteiger partial charge in [0, 0.05) is 7.05 Å². The van der Waals surface area contributed by atoms with Gasteiger partial charge in [0.15, 0.2) is 5.82 Å². The molecule has 2 rings (SSSR count). The Morgan fingerprint density at radius 2 is 2.18 bits per heavy atom. The Morgan fingerprint density at radius 1 is 1.45 bits per heavy atom. The molecule has 2 N–H and O–H groups in total. The average Bonchev–Trinajstić information content (AvgIpc) is 2.82. The molecule has 1 aromatic carbocycles. The second-order valence-electron chi connectivity index (χ2n) is 4.44. The number of anilines is 1. The van der Waals surface area contributed by atoms with Crippen molar-refractivity contribution in [3.63, 3.8) is 0 Å². The topological polar surface area (TPSA) is 123 Å². The molecule has 0 unspecified atom stereocenters. The van der Waals surface area contributed by atoms with Crippen molar-refractivity contribution in [2.24, 2.45) is 7.05 Å². The number of sulfonamides is 1. The van der Waals surface area contributed by atoms with Crippen molar-refractivity contribution in [1.82, 2.24) is 15.0 Å². The molecule has 0 spiro atoms. The van der Waals surface area contributed by atoms with Gasteiger partial charge in [0.1, 0.15) is 10.6 Å². The number of aromatic nitrogens is 3. The number of rotatable bonds is 6. The smallest absolute Gasteiger partial charge is 0.307 e. The molecule has 0 amide bonds. The van der Waals surface area contributed by atoms with E-state index in [1.54, 1.807) is 7.05 Å². The fraction of sp³-hybridized carbons (Fsp3) is 0.250. The van der Waals surface area contributed by atoms with Gasteiger partial charge in [0.05, 0.1) is 19.7 Å². The molecule has 0 atom stereocenters. The number of aliphatic carboxylic acids is 1. The van der Waals surface area contributed by atoms with E-state index in [4.69, 9.17) is 9.84 Å². The molecule has 10 heteroatoms. The number of carbonyl (C=O) groups is 1. The lowest BCUT2D eigenvalue weighted by atomic mass is 10.1. The van der Waals surface area contributed by atoms with E-state index in [9.17, 15) is 13.2 Å². The van der Waals surface area contributed by atoms with Crippen LogP contribution in [-0.4, -0.2) is 41.6 Å². The van der Waals surface area contributed by atoms with Gasteiger partial charge < -0.3 is 9.84 Å². The van der Waals surface area contributed by atoms with Crippen molar-refractivity contribution in [2.75, 3.05) is 11.8 Å². The van der Waals surface area contributed by atoms with Crippen LogP contribution in [0.1, 0.15) is 5.56 Å². The minimum Gasteiger partial charge on any atom is -0.495 e. The SMILES string of the molecule is COc1ccc(CC(=O)O)cc1S(=O)(=O)Nc1cn(C)nn1. The van der Waals surface area contributed by atoms with Crippen molar-refractivity contribution in [3.05, 3.63) is 30.0 Å². The quantitative estimate of drug-likeness (QED) is 0.780. The summed E-state index contributed by atoms with van der Waals surface area (Å²) >= 11 is 0. The maximum absolute atomic E-state index is 12.4. The second kappa shape index (κ2) is 6.02. The summed E-state index contributed by atoms with van der Waals surface area (Å²) in [6, 6.07) is 4.16. The number of carboxylic acids is 1. The van der Waals surface area contributed by atoms with Crippen molar-refractivity contribution in [3.8, 4) is 5.75 Å². The molecule has 22 heavy (non-hydrogen) atoms. The predicted molar refractivity (Wildman–Crippen MR) is 76.1 cm³/mol. The molecule has 118 valence electrons. The molecule has 0 aliphatic rings. The molecule has 0 radical (unpaired) electrons. The van der Waals surface area contributed by atoms with Gasteiger partial charge in [-0.25, -0.2) is 8.42 Å². The molecule has 2 aromatic rings. The fourth-order valence-corrected chi connectivity index (χ4v) is 3.00. The van der Waals surface area contributed by atoms with Crippen LogP contribution < -0.4 is 9.46 Å². The molecule has 0 fully saturated rings. The Hall–Kier alpha value is -2.62. The van der Waals surface area contributed by atoms with E-state index < -0.39 is 16.0 Å². The van der Waals surface area contributed by atoms with E-state index in [2.05, 4.69) is 15.0 Å². The first-order valence-corrected chi connectivity index (χ1v) is 7.58. The average molecular weight is 326 g/mol. The molecule has 1 heterocycles. The van der Waals surface area contributed by atoms with Crippen molar-refractivity contribution < 1.29 is 23.1 Å². The number of hydrogen-bond acceptors (Lipinski definition) is 6. The largest absolute Gasteiger partial charge is 0.495 e. The first-order chi connectivity index (χ1) is 10.3. The molecule has 0 aliphatic carbocycles. The van der Waals surface area contributed by atoms with Crippen LogP contribution in [0.25, 0.3) is 0 Å². The van der Waals surface area contributed by atoms with Gasteiger partial charge in [-0.3, -0.25) is 14.2 Å². The van der Waals surface area contributed by atoms with E-state index in [0.717, 1.165) is 0 Å². The first-order valence-electron chi connectivity index (χ1n) is 6.09. The van der Waals surface area contributed by atoms with Gasteiger partial charge in [-0.05, 0) is 17.7 Å². The van der Waals surface area contributed by atoms with Crippen LogP contribution in [0.5, 0.6) is 5.75 Å². The van der Waals surface area contributed by atoms with Gasteiger partial charge in [-0.15, -0.1) is 5.10 Å². The molecule has 9 nitrogen and oxygen atoms in total. The maximum atomic E-state index is 12.4. The molecule has 1 aromatic heterocycles. The Kier molecular flexibility index (Phi) is 4.31. The Bertz CT molecular complexity index is 800. The number of carboxylic acid groups (broad SMARTS) is 1. The second-order valence-corrected chi connectivity index (χ2v) is 6.09.